The van der Waals surface area contributed by atoms with E-state index in [0.29, 0.717) is 67.5 Å². The fraction of sp³-hybridized carbons (Fsp3) is 0.525. The predicted octanol–water partition coefficient (Wildman–Crippen LogP) is 1.89. The highest BCUT2D eigenvalue weighted by Crippen LogP contribution is 2.34. The molecule has 2 atom stereocenters. The van der Waals surface area contributed by atoms with Gasteiger partial charge in [0, 0.05) is 101 Å². The number of fused-ring (bicyclic) bond motifs is 2. The zero-order valence-electron chi connectivity index (χ0n) is 30.8. The van der Waals surface area contributed by atoms with Crippen LogP contribution < -0.4 is 27.0 Å². The SMILES string of the molecule is NC1=C(/C=C(\N)c2ccccc2O)N2CCN(CC3(F)CCN(CC4CCN(c5ccc6c(c5)C(=O)N(C5CCC(=O)NC5=O)C6)CC4)CC3)CC2CN1. The molecule has 4 saturated heterocycles. The Hall–Kier alpha value is -4.82. The lowest BCUT2D eigenvalue weighted by molar-refractivity contribution is -0.136. The number of hydrogen-bond acceptors (Lipinski definition) is 11. The monoisotopic (exact) mass is 741 g/mol. The Morgan fingerprint density at radius 3 is 2.50 bits per heavy atom. The van der Waals surface area contributed by atoms with Crippen LogP contribution in [0.2, 0.25) is 0 Å². The summed E-state index contributed by atoms with van der Waals surface area (Å²) in [7, 11) is 0. The van der Waals surface area contributed by atoms with Crippen molar-refractivity contribution in [3.05, 3.63) is 76.7 Å². The van der Waals surface area contributed by atoms with Crippen molar-refractivity contribution in [3.8, 4) is 5.75 Å². The molecule has 288 valence electrons. The molecular weight excluding hydrogens is 689 g/mol. The molecule has 54 heavy (non-hydrogen) atoms. The Labute approximate surface area is 315 Å². The number of halogens is 1. The number of phenols is 1. The third-order valence-corrected chi connectivity index (χ3v) is 12.5. The quantitative estimate of drug-likeness (QED) is 0.251. The number of alkyl halides is 1. The van der Waals surface area contributed by atoms with Crippen LogP contribution in [0.15, 0.2) is 60.1 Å². The smallest absolute Gasteiger partial charge is 0.255 e. The number of benzene rings is 2. The molecule has 8 rings (SSSR count). The largest absolute Gasteiger partial charge is 0.507 e. The van der Waals surface area contributed by atoms with Crippen molar-refractivity contribution < 1.29 is 23.9 Å². The van der Waals surface area contributed by atoms with Gasteiger partial charge in [-0.2, -0.15) is 0 Å². The summed E-state index contributed by atoms with van der Waals surface area (Å²) in [6, 6.07) is 12.6. The maximum Gasteiger partial charge on any atom is 0.255 e. The van der Waals surface area contributed by atoms with E-state index in [1.165, 1.54) is 0 Å². The molecule has 6 heterocycles. The first-order chi connectivity index (χ1) is 26.0. The lowest BCUT2D eigenvalue weighted by atomic mass is 9.90. The van der Waals surface area contributed by atoms with E-state index in [-0.39, 0.29) is 30.0 Å². The molecule has 13 nitrogen and oxygen atoms in total. The summed E-state index contributed by atoms with van der Waals surface area (Å²) in [5.74, 6) is 0.399. The van der Waals surface area contributed by atoms with Crippen molar-refractivity contribution in [2.24, 2.45) is 17.4 Å². The lowest BCUT2D eigenvalue weighted by Gasteiger charge is -2.48. The first kappa shape index (κ1) is 36.2. The van der Waals surface area contributed by atoms with E-state index < -0.39 is 17.6 Å². The molecular formula is C40H52FN9O4. The average Bonchev–Trinajstić information content (AvgIpc) is 3.49. The van der Waals surface area contributed by atoms with E-state index in [4.69, 9.17) is 11.5 Å². The Bertz CT molecular complexity index is 1850. The Morgan fingerprint density at radius 1 is 0.963 bits per heavy atom. The summed E-state index contributed by atoms with van der Waals surface area (Å²) in [5.41, 5.74) is 16.0. The summed E-state index contributed by atoms with van der Waals surface area (Å²) in [4.78, 5) is 48.3. The molecule has 0 radical (unpaired) electrons. The van der Waals surface area contributed by atoms with Gasteiger partial charge < -0.3 is 41.5 Å². The number of carbonyl (C=O) groups excluding carboxylic acids is 3. The van der Waals surface area contributed by atoms with Crippen LogP contribution in [0.25, 0.3) is 5.70 Å². The third kappa shape index (κ3) is 7.33. The number of rotatable bonds is 8. The fourth-order valence-electron chi connectivity index (χ4n) is 9.31. The van der Waals surface area contributed by atoms with Crippen LogP contribution in [-0.2, 0) is 16.1 Å². The highest BCUT2D eigenvalue weighted by Gasteiger charge is 2.41. The number of carbonyl (C=O) groups is 3. The predicted molar refractivity (Wildman–Crippen MR) is 203 cm³/mol. The number of nitrogens with zero attached hydrogens (tertiary/aromatic N) is 5. The molecule has 4 fully saturated rings. The maximum atomic E-state index is 16.4. The molecule has 2 unspecified atom stereocenters. The third-order valence-electron chi connectivity index (χ3n) is 12.5. The molecule has 0 spiro atoms. The molecule has 0 aliphatic carbocycles. The Kier molecular flexibility index (Phi) is 9.90. The number of piperidine rings is 3. The Morgan fingerprint density at radius 2 is 1.74 bits per heavy atom. The van der Waals surface area contributed by atoms with E-state index in [1.807, 2.05) is 24.3 Å². The van der Waals surface area contributed by atoms with Gasteiger partial charge in [-0.05, 0) is 73.9 Å². The van der Waals surface area contributed by atoms with Gasteiger partial charge in [-0.1, -0.05) is 18.2 Å². The minimum Gasteiger partial charge on any atom is -0.507 e. The molecule has 6 aliphatic heterocycles. The van der Waals surface area contributed by atoms with Gasteiger partial charge in [-0.15, -0.1) is 0 Å². The van der Waals surface area contributed by atoms with Crippen molar-refractivity contribution in [2.75, 3.05) is 70.3 Å². The second-order valence-electron chi connectivity index (χ2n) is 16.0. The van der Waals surface area contributed by atoms with Crippen molar-refractivity contribution in [1.82, 2.24) is 30.2 Å². The second-order valence-corrected chi connectivity index (χ2v) is 16.0. The molecule has 6 aliphatic rings. The van der Waals surface area contributed by atoms with E-state index in [1.54, 1.807) is 23.1 Å². The Balaban J connectivity index is 0.790. The van der Waals surface area contributed by atoms with Crippen LogP contribution in [-0.4, -0.2) is 126 Å². The standard InChI is InChI=1S/C40H52FN9O4/c41-40(25-47-17-18-49-29(24-47)21-44-37(43)34(49)20-32(42)30-3-1-2-4-35(30)51)11-15-46(16-12-40)22-26-9-13-48(14-10-26)28-6-5-27-23-50(39(54)31(27)19-28)33-7-8-36(52)45-38(33)53/h1-6,19-20,26,29,33,44,51H,7-18,21-25,42-43H2,(H,45,52,53)/b32-20-. The van der Waals surface area contributed by atoms with Crippen LogP contribution in [0.1, 0.15) is 60.0 Å². The molecule has 0 aromatic heterocycles. The van der Waals surface area contributed by atoms with Gasteiger partial charge in [-0.3, -0.25) is 24.6 Å². The van der Waals surface area contributed by atoms with Gasteiger partial charge >= 0.3 is 0 Å². The number of anilines is 1. The van der Waals surface area contributed by atoms with Crippen LogP contribution in [0.3, 0.4) is 0 Å². The molecule has 0 bridgehead atoms. The number of likely N-dealkylation sites (tertiary alicyclic amines) is 1. The summed E-state index contributed by atoms with van der Waals surface area (Å²) >= 11 is 0. The van der Waals surface area contributed by atoms with Gasteiger partial charge in [0.05, 0.1) is 11.7 Å². The number of amides is 3. The number of imide groups is 1. The number of allylic oxidation sites excluding steroid dienone is 1. The van der Waals surface area contributed by atoms with Crippen LogP contribution in [0.4, 0.5) is 10.1 Å². The van der Waals surface area contributed by atoms with Gasteiger partial charge in [0.15, 0.2) is 0 Å². The minimum atomic E-state index is -1.21. The summed E-state index contributed by atoms with van der Waals surface area (Å²) in [5, 5.41) is 16.0. The molecule has 0 saturated carbocycles. The van der Waals surface area contributed by atoms with Crippen molar-refractivity contribution in [2.45, 2.75) is 62.8 Å². The van der Waals surface area contributed by atoms with Gasteiger partial charge in [0.2, 0.25) is 11.8 Å². The fourth-order valence-corrected chi connectivity index (χ4v) is 9.31. The number of nitrogens with one attached hydrogen (secondary N) is 2. The van der Waals surface area contributed by atoms with Gasteiger partial charge in [-0.25, -0.2) is 4.39 Å². The number of nitrogens with two attached hydrogens (primary N) is 2. The van der Waals surface area contributed by atoms with Crippen LogP contribution in [0.5, 0.6) is 5.75 Å². The van der Waals surface area contributed by atoms with Gasteiger partial charge in [0.25, 0.3) is 5.91 Å². The minimum absolute atomic E-state index is 0.120. The molecule has 14 heteroatoms. The normalized spacial score (nSPS) is 25.8. The zero-order valence-corrected chi connectivity index (χ0v) is 30.8. The molecule has 7 N–H and O–H groups in total. The van der Waals surface area contributed by atoms with E-state index >= 15 is 4.39 Å². The van der Waals surface area contributed by atoms with E-state index in [0.717, 1.165) is 82.1 Å². The lowest BCUT2D eigenvalue weighted by Crippen LogP contribution is -2.61. The van der Waals surface area contributed by atoms with E-state index in [9.17, 15) is 19.5 Å². The summed E-state index contributed by atoms with van der Waals surface area (Å²) < 4.78 is 16.4. The summed E-state index contributed by atoms with van der Waals surface area (Å²) in [6.45, 7) is 7.99. The molecule has 3 amide bonds. The number of para-hydroxylation sites is 1. The first-order valence-electron chi connectivity index (χ1n) is 19.5. The summed E-state index contributed by atoms with van der Waals surface area (Å²) in [6.07, 6.45) is 5.58. The van der Waals surface area contributed by atoms with Gasteiger partial charge in [0.1, 0.15) is 23.3 Å². The van der Waals surface area contributed by atoms with Crippen LogP contribution >= 0.6 is 0 Å². The molecule has 2 aromatic rings. The van der Waals surface area contributed by atoms with Crippen molar-refractivity contribution >= 4 is 29.1 Å². The average molecular weight is 742 g/mol. The first-order valence-corrected chi connectivity index (χ1v) is 19.5. The second kappa shape index (κ2) is 14.8. The maximum absolute atomic E-state index is 16.4. The highest BCUT2D eigenvalue weighted by atomic mass is 19.1. The zero-order chi connectivity index (χ0) is 37.6. The van der Waals surface area contributed by atoms with Crippen LogP contribution in [0, 0.1) is 5.92 Å². The molecule has 2 aromatic carbocycles. The van der Waals surface area contributed by atoms with Crippen molar-refractivity contribution in [1.29, 1.82) is 0 Å². The number of phenolic OH excluding ortho intramolecular Hbond substituents is 1. The number of hydrogen-bond donors (Lipinski definition) is 5. The highest BCUT2D eigenvalue weighted by molar-refractivity contribution is 6.05. The number of piperazine rings is 1. The topological polar surface area (TPSA) is 164 Å². The van der Waals surface area contributed by atoms with Crippen molar-refractivity contribution in [3.63, 3.8) is 0 Å². The van der Waals surface area contributed by atoms with E-state index in [2.05, 4.69) is 36.3 Å². The number of aromatic hydroxyl groups is 1.